The topological polar surface area (TPSA) is 85.8 Å². The molecule has 0 bridgehead atoms. The zero-order valence-electron chi connectivity index (χ0n) is 12.4. The molecule has 0 saturated carbocycles. The quantitative estimate of drug-likeness (QED) is 0.835. The van der Waals surface area contributed by atoms with Crippen molar-refractivity contribution in [1.82, 2.24) is 20.1 Å². The van der Waals surface area contributed by atoms with Crippen LogP contribution in [0.1, 0.15) is 52.4 Å². The molecule has 20 heavy (non-hydrogen) atoms. The van der Waals surface area contributed by atoms with E-state index in [0.29, 0.717) is 13.0 Å². The van der Waals surface area contributed by atoms with Crippen molar-refractivity contribution in [3.05, 3.63) is 12.2 Å². The van der Waals surface area contributed by atoms with Gasteiger partial charge in [-0.1, -0.05) is 13.3 Å². The van der Waals surface area contributed by atoms with Crippen LogP contribution in [-0.2, 0) is 11.3 Å². The maximum atomic E-state index is 11.9. The molecule has 0 aliphatic rings. The molecule has 0 aromatic carbocycles. The van der Waals surface area contributed by atoms with Crippen LogP contribution in [0.4, 0.5) is 0 Å². The van der Waals surface area contributed by atoms with Crippen LogP contribution in [0.25, 0.3) is 0 Å². The van der Waals surface area contributed by atoms with Gasteiger partial charge in [0.1, 0.15) is 6.33 Å². The van der Waals surface area contributed by atoms with Gasteiger partial charge in [-0.2, -0.15) is 0 Å². The normalized spacial score (nSPS) is 13.1. The molecule has 1 heterocycles. The number of hydrogen-bond acceptors (Lipinski definition) is 4. The van der Waals surface area contributed by atoms with Crippen LogP contribution in [-0.4, -0.2) is 26.2 Å². The molecule has 0 saturated heterocycles. The Kier molecular flexibility index (Phi) is 9.82. The average Bonchev–Trinajstić information content (AvgIpc) is 2.73. The van der Waals surface area contributed by atoms with E-state index in [-0.39, 0.29) is 36.8 Å². The minimum absolute atomic E-state index is 0. The molecular weight excluding hydrogens is 301 g/mol. The van der Waals surface area contributed by atoms with Gasteiger partial charge in [-0.15, -0.1) is 35.0 Å². The van der Waals surface area contributed by atoms with Gasteiger partial charge in [0.05, 0.1) is 12.1 Å². The Morgan fingerprint density at radius 3 is 2.60 bits per heavy atom. The van der Waals surface area contributed by atoms with Gasteiger partial charge in [-0.3, -0.25) is 4.79 Å². The molecule has 6 nitrogen and oxygen atoms in total. The van der Waals surface area contributed by atoms with Crippen molar-refractivity contribution in [2.75, 3.05) is 0 Å². The molecule has 8 heteroatoms. The van der Waals surface area contributed by atoms with E-state index in [1.165, 1.54) is 0 Å². The number of amides is 1. The summed E-state index contributed by atoms with van der Waals surface area (Å²) in [5, 5.41) is 10.7. The molecule has 1 rings (SSSR count). The third-order valence-electron chi connectivity index (χ3n) is 2.90. The van der Waals surface area contributed by atoms with Crippen molar-refractivity contribution in [3.63, 3.8) is 0 Å². The predicted molar refractivity (Wildman–Crippen MR) is 84.3 cm³/mol. The first-order valence-corrected chi connectivity index (χ1v) is 6.34. The van der Waals surface area contributed by atoms with E-state index in [2.05, 4.69) is 15.5 Å². The first-order valence-electron chi connectivity index (χ1n) is 6.34. The molecule has 0 spiro atoms. The van der Waals surface area contributed by atoms with Crippen LogP contribution in [0.15, 0.2) is 6.33 Å². The number of halogens is 2. The molecule has 1 aromatic heterocycles. The number of nitrogens with zero attached hydrogens (tertiary/aromatic N) is 3. The fourth-order valence-corrected chi connectivity index (χ4v) is 1.82. The molecule has 0 aliphatic heterocycles. The van der Waals surface area contributed by atoms with E-state index in [4.69, 9.17) is 5.73 Å². The van der Waals surface area contributed by atoms with Gasteiger partial charge < -0.3 is 15.6 Å². The maximum Gasteiger partial charge on any atom is 0.240 e. The summed E-state index contributed by atoms with van der Waals surface area (Å²) in [5.41, 5.74) is 5.13. The third-order valence-corrected chi connectivity index (χ3v) is 2.90. The highest BCUT2D eigenvalue weighted by Crippen LogP contribution is 2.10. The van der Waals surface area contributed by atoms with E-state index in [0.717, 1.165) is 12.2 Å². The fourth-order valence-electron chi connectivity index (χ4n) is 1.82. The monoisotopic (exact) mass is 325 g/mol. The van der Waals surface area contributed by atoms with Crippen LogP contribution in [0.2, 0.25) is 0 Å². The van der Waals surface area contributed by atoms with E-state index in [9.17, 15) is 4.79 Å². The minimum Gasteiger partial charge on any atom is -0.347 e. The fraction of sp³-hybridized carbons (Fsp3) is 0.750. The van der Waals surface area contributed by atoms with Crippen LogP contribution in [0, 0.1) is 0 Å². The Hall–Kier alpha value is -0.850. The number of nitrogens with one attached hydrogen (secondary N) is 1. The van der Waals surface area contributed by atoms with Gasteiger partial charge in [0.2, 0.25) is 5.91 Å². The van der Waals surface area contributed by atoms with Crippen LogP contribution in [0.3, 0.4) is 0 Å². The van der Waals surface area contributed by atoms with E-state index < -0.39 is 5.54 Å². The Balaban J connectivity index is 0. The minimum atomic E-state index is -0.822. The van der Waals surface area contributed by atoms with Crippen molar-refractivity contribution >= 4 is 30.7 Å². The summed E-state index contributed by atoms with van der Waals surface area (Å²) in [6.45, 7) is 8.19. The summed E-state index contributed by atoms with van der Waals surface area (Å²) in [6.07, 6.45) is 3.21. The number of aromatic nitrogens is 3. The second-order valence-corrected chi connectivity index (χ2v) is 5.10. The van der Waals surface area contributed by atoms with Gasteiger partial charge >= 0.3 is 0 Å². The molecule has 118 valence electrons. The molecule has 1 amide bonds. The average molecular weight is 326 g/mol. The van der Waals surface area contributed by atoms with Gasteiger partial charge in [-0.05, 0) is 27.2 Å². The number of carbonyl (C=O) groups is 1. The standard InChI is InChI=1S/C12H23N5O.2ClH/c1-5-6-12(4,13)11(18)14-7-10-16-15-8-17(10)9(2)3;;/h8-9H,5-7,13H2,1-4H3,(H,14,18);2*1H. The number of rotatable bonds is 6. The molecule has 1 aromatic rings. The molecular formula is C12H25Cl2N5O. The Morgan fingerprint density at radius 1 is 1.50 bits per heavy atom. The van der Waals surface area contributed by atoms with E-state index >= 15 is 0 Å². The SMILES string of the molecule is CCCC(C)(N)C(=O)NCc1nncn1C(C)C.Cl.Cl. The highest BCUT2D eigenvalue weighted by molar-refractivity contribution is 5.86. The first-order chi connectivity index (χ1) is 8.38. The Morgan fingerprint density at radius 2 is 2.10 bits per heavy atom. The first kappa shape index (κ1) is 21.4. The molecule has 0 radical (unpaired) electrons. The van der Waals surface area contributed by atoms with Gasteiger partial charge in [0.25, 0.3) is 0 Å². The van der Waals surface area contributed by atoms with Crippen molar-refractivity contribution in [1.29, 1.82) is 0 Å². The van der Waals surface area contributed by atoms with Crippen molar-refractivity contribution in [2.45, 2.75) is 58.7 Å². The van der Waals surface area contributed by atoms with E-state index in [1.807, 2.05) is 25.3 Å². The lowest BCUT2D eigenvalue weighted by molar-refractivity contribution is -0.126. The van der Waals surface area contributed by atoms with Crippen LogP contribution < -0.4 is 11.1 Å². The zero-order valence-corrected chi connectivity index (χ0v) is 14.1. The Labute approximate surface area is 132 Å². The van der Waals surface area contributed by atoms with E-state index in [1.54, 1.807) is 13.3 Å². The van der Waals surface area contributed by atoms with Gasteiger partial charge in [0, 0.05) is 6.04 Å². The second-order valence-electron chi connectivity index (χ2n) is 5.10. The third kappa shape index (κ3) is 5.64. The highest BCUT2D eigenvalue weighted by Gasteiger charge is 2.27. The molecule has 3 N–H and O–H groups in total. The summed E-state index contributed by atoms with van der Waals surface area (Å²) >= 11 is 0. The van der Waals surface area contributed by atoms with Crippen molar-refractivity contribution < 1.29 is 4.79 Å². The van der Waals surface area contributed by atoms with Crippen LogP contribution in [0.5, 0.6) is 0 Å². The summed E-state index contributed by atoms with van der Waals surface area (Å²) in [7, 11) is 0. The van der Waals surface area contributed by atoms with Gasteiger partial charge in [-0.25, -0.2) is 0 Å². The van der Waals surface area contributed by atoms with Crippen LogP contribution >= 0.6 is 24.8 Å². The summed E-state index contributed by atoms with van der Waals surface area (Å²) in [5.74, 6) is 0.591. The maximum absolute atomic E-state index is 11.9. The lowest BCUT2D eigenvalue weighted by atomic mass is 9.96. The Bertz CT molecular complexity index is 406. The lowest BCUT2D eigenvalue weighted by Crippen LogP contribution is -2.51. The van der Waals surface area contributed by atoms with Gasteiger partial charge in [0.15, 0.2) is 5.82 Å². The smallest absolute Gasteiger partial charge is 0.240 e. The predicted octanol–water partition coefficient (Wildman–Crippen LogP) is 1.84. The lowest BCUT2D eigenvalue weighted by Gasteiger charge is -2.22. The largest absolute Gasteiger partial charge is 0.347 e. The summed E-state index contributed by atoms with van der Waals surface area (Å²) < 4.78 is 1.92. The van der Waals surface area contributed by atoms with Crippen molar-refractivity contribution in [2.24, 2.45) is 5.73 Å². The van der Waals surface area contributed by atoms with Crippen molar-refractivity contribution in [3.8, 4) is 0 Å². The summed E-state index contributed by atoms with van der Waals surface area (Å²) in [6, 6.07) is 0.270. The zero-order chi connectivity index (χ0) is 13.8. The number of hydrogen-bond donors (Lipinski definition) is 2. The number of nitrogens with two attached hydrogens (primary N) is 1. The molecule has 1 unspecified atom stereocenters. The number of carbonyl (C=O) groups excluding carboxylic acids is 1. The highest BCUT2D eigenvalue weighted by atomic mass is 35.5. The molecule has 0 aliphatic carbocycles. The molecule has 0 fully saturated rings. The summed E-state index contributed by atoms with van der Waals surface area (Å²) in [4.78, 5) is 11.9. The second kappa shape index (κ2) is 9.15. The molecule has 1 atom stereocenters.